The molecule has 1 aromatic carbocycles. The SMILES string of the molecule is CC1CC(OCC(=O)NC23CCC(NC(=O)COc4ccc(Cl)c(F)c4)(CC2)C[C@@H]3O)CC(C)N1. The fourth-order valence-electron chi connectivity index (χ4n) is 5.86. The second kappa shape index (κ2) is 10.6. The van der Waals surface area contributed by atoms with Gasteiger partial charge in [0.15, 0.2) is 6.61 Å². The maximum atomic E-state index is 13.6. The molecule has 3 atom stereocenters. The van der Waals surface area contributed by atoms with Crippen molar-refractivity contribution in [1.29, 1.82) is 0 Å². The van der Waals surface area contributed by atoms with Gasteiger partial charge in [-0.3, -0.25) is 9.59 Å². The van der Waals surface area contributed by atoms with Crippen molar-refractivity contribution in [2.24, 2.45) is 0 Å². The summed E-state index contributed by atoms with van der Waals surface area (Å²) in [5.74, 6) is -0.964. The number of aliphatic hydroxyl groups excluding tert-OH is 1. The van der Waals surface area contributed by atoms with Gasteiger partial charge < -0.3 is 30.5 Å². The average molecular weight is 512 g/mol. The monoisotopic (exact) mass is 511 g/mol. The van der Waals surface area contributed by atoms with Gasteiger partial charge in [-0.05, 0) is 70.9 Å². The zero-order chi connectivity index (χ0) is 25.2. The summed E-state index contributed by atoms with van der Waals surface area (Å²) >= 11 is 5.66. The standard InChI is InChI=1S/C25H35ClFN3O5/c1-15-9-18(10-16(2)28-15)35-14-23(33)30-25-7-5-24(6-8-25,12-21(25)31)29-22(32)13-34-17-3-4-19(26)20(27)11-17/h3-4,11,15-16,18,21,28,31H,5-10,12-14H2,1-2H3,(H,29,32)(H,30,33)/t15?,16?,18?,21-,24?,25?/m0/s1. The van der Waals surface area contributed by atoms with Gasteiger partial charge in [0.05, 0.1) is 22.8 Å². The highest BCUT2D eigenvalue weighted by Gasteiger charge is 2.55. The van der Waals surface area contributed by atoms with Gasteiger partial charge in [0.2, 0.25) is 5.91 Å². The molecule has 1 heterocycles. The van der Waals surface area contributed by atoms with Crippen molar-refractivity contribution in [3.8, 4) is 5.75 Å². The number of carbonyl (C=O) groups is 2. The lowest BCUT2D eigenvalue weighted by atomic mass is 9.60. The van der Waals surface area contributed by atoms with Crippen LogP contribution in [0.3, 0.4) is 0 Å². The van der Waals surface area contributed by atoms with E-state index in [0.29, 0.717) is 44.2 Å². The lowest BCUT2D eigenvalue weighted by molar-refractivity contribution is -0.140. The van der Waals surface area contributed by atoms with E-state index >= 15 is 0 Å². The van der Waals surface area contributed by atoms with Gasteiger partial charge in [-0.15, -0.1) is 0 Å². The molecular weight excluding hydrogens is 477 g/mol. The predicted molar refractivity (Wildman–Crippen MR) is 129 cm³/mol. The molecule has 4 N–H and O–H groups in total. The third kappa shape index (κ3) is 6.25. The third-order valence-electron chi connectivity index (χ3n) is 7.63. The minimum absolute atomic E-state index is 0.0169. The first-order chi connectivity index (χ1) is 16.6. The molecule has 0 aromatic heterocycles. The predicted octanol–water partition coefficient (Wildman–Crippen LogP) is 2.45. The van der Waals surface area contributed by atoms with Crippen LogP contribution in [0.2, 0.25) is 5.02 Å². The molecule has 35 heavy (non-hydrogen) atoms. The van der Waals surface area contributed by atoms with Gasteiger partial charge in [0.25, 0.3) is 5.91 Å². The van der Waals surface area contributed by atoms with E-state index in [1.165, 1.54) is 12.1 Å². The van der Waals surface area contributed by atoms with Crippen LogP contribution in [0.4, 0.5) is 4.39 Å². The maximum absolute atomic E-state index is 13.6. The van der Waals surface area contributed by atoms with Crippen molar-refractivity contribution < 1.29 is 28.6 Å². The van der Waals surface area contributed by atoms with Crippen LogP contribution in [0.15, 0.2) is 18.2 Å². The van der Waals surface area contributed by atoms with E-state index in [4.69, 9.17) is 21.1 Å². The molecule has 3 saturated carbocycles. The zero-order valence-corrected chi connectivity index (χ0v) is 21.0. The van der Waals surface area contributed by atoms with Gasteiger partial charge in [-0.2, -0.15) is 0 Å². The Morgan fingerprint density at radius 3 is 2.40 bits per heavy atom. The molecular formula is C25H35ClFN3O5. The van der Waals surface area contributed by atoms with Crippen molar-refractivity contribution in [2.75, 3.05) is 13.2 Å². The van der Waals surface area contributed by atoms with Crippen LogP contribution in [-0.2, 0) is 14.3 Å². The number of halogens is 2. The number of piperidine rings is 1. The Balaban J connectivity index is 1.25. The van der Waals surface area contributed by atoms with Crippen LogP contribution in [0, 0.1) is 5.82 Å². The zero-order valence-electron chi connectivity index (χ0n) is 20.2. The largest absolute Gasteiger partial charge is 0.484 e. The van der Waals surface area contributed by atoms with Gasteiger partial charge in [0.1, 0.15) is 18.2 Å². The molecule has 4 fully saturated rings. The first-order valence-corrected chi connectivity index (χ1v) is 12.7. The first-order valence-electron chi connectivity index (χ1n) is 12.3. The minimum atomic E-state index is -0.778. The molecule has 0 radical (unpaired) electrons. The molecule has 2 unspecified atom stereocenters. The van der Waals surface area contributed by atoms with Gasteiger partial charge >= 0.3 is 0 Å². The summed E-state index contributed by atoms with van der Waals surface area (Å²) in [7, 11) is 0. The van der Waals surface area contributed by atoms with Crippen LogP contribution >= 0.6 is 11.6 Å². The molecule has 8 nitrogen and oxygen atoms in total. The van der Waals surface area contributed by atoms with Crippen LogP contribution in [-0.4, -0.2) is 65.5 Å². The van der Waals surface area contributed by atoms with Gasteiger partial charge in [-0.25, -0.2) is 4.39 Å². The number of rotatable bonds is 8. The molecule has 2 bridgehead atoms. The van der Waals surface area contributed by atoms with Crippen molar-refractivity contribution in [3.05, 3.63) is 29.0 Å². The molecule has 5 rings (SSSR count). The first kappa shape index (κ1) is 26.1. The van der Waals surface area contributed by atoms with E-state index in [1.54, 1.807) is 0 Å². The minimum Gasteiger partial charge on any atom is -0.484 e. The highest BCUT2D eigenvalue weighted by atomic mass is 35.5. The Labute approximate surface area is 210 Å². The Hall–Kier alpha value is -1.94. The van der Waals surface area contributed by atoms with Crippen molar-refractivity contribution in [1.82, 2.24) is 16.0 Å². The summed E-state index contributed by atoms with van der Waals surface area (Å²) in [5, 5.41) is 20.4. The highest BCUT2D eigenvalue weighted by molar-refractivity contribution is 6.30. The number of ether oxygens (including phenoxy) is 2. The quantitative estimate of drug-likeness (QED) is 0.427. The highest BCUT2D eigenvalue weighted by Crippen LogP contribution is 2.47. The normalized spacial score (nSPS) is 34.3. The number of amides is 2. The van der Waals surface area contributed by atoms with Crippen molar-refractivity contribution >= 4 is 23.4 Å². The van der Waals surface area contributed by atoms with Crippen LogP contribution in [0.1, 0.15) is 58.8 Å². The van der Waals surface area contributed by atoms with E-state index in [2.05, 4.69) is 29.8 Å². The number of fused-ring (bicyclic) bond motifs is 3. The summed E-state index contributed by atoms with van der Waals surface area (Å²) in [6.45, 7) is 3.93. The van der Waals surface area contributed by atoms with E-state index < -0.39 is 23.0 Å². The van der Waals surface area contributed by atoms with Gasteiger partial charge in [0, 0.05) is 23.7 Å². The molecule has 4 aliphatic rings. The number of hydrogen-bond acceptors (Lipinski definition) is 6. The van der Waals surface area contributed by atoms with Crippen molar-refractivity contribution in [3.63, 3.8) is 0 Å². The molecule has 1 aromatic rings. The topological polar surface area (TPSA) is 109 Å². The fraction of sp³-hybridized carbons (Fsp3) is 0.680. The summed E-state index contributed by atoms with van der Waals surface area (Å²) in [6.07, 6.45) is 3.73. The Morgan fingerprint density at radius 1 is 1.11 bits per heavy atom. The molecule has 3 aliphatic carbocycles. The Morgan fingerprint density at radius 2 is 1.77 bits per heavy atom. The molecule has 1 saturated heterocycles. The van der Waals surface area contributed by atoms with Crippen LogP contribution < -0.4 is 20.7 Å². The molecule has 2 amide bonds. The number of carbonyl (C=O) groups excluding carboxylic acids is 2. The van der Waals surface area contributed by atoms with E-state index in [9.17, 15) is 19.1 Å². The summed E-state index contributed by atoms with van der Waals surface area (Å²) in [4.78, 5) is 25.2. The van der Waals surface area contributed by atoms with E-state index in [0.717, 1.165) is 18.9 Å². The van der Waals surface area contributed by atoms with Crippen molar-refractivity contribution in [2.45, 2.75) is 94.2 Å². The Kier molecular flexibility index (Phi) is 7.90. The number of hydrogen-bond donors (Lipinski definition) is 4. The second-order valence-electron chi connectivity index (χ2n) is 10.5. The summed E-state index contributed by atoms with van der Waals surface area (Å²) in [5.41, 5.74) is -1.24. The van der Waals surface area contributed by atoms with E-state index in [-0.39, 0.29) is 41.9 Å². The fourth-order valence-corrected chi connectivity index (χ4v) is 5.98. The van der Waals surface area contributed by atoms with Crippen LogP contribution in [0.25, 0.3) is 0 Å². The van der Waals surface area contributed by atoms with Gasteiger partial charge in [-0.1, -0.05) is 11.6 Å². The Bertz CT molecular complexity index is 930. The smallest absolute Gasteiger partial charge is 0.258 e. The second-order valence-corrected chi connectivity index (χ2v) is 10.9. The van der Waals surface area contributed by atoms with E-state index in [1.807, 2.05) is 0 Å². The average Bonchev–Trinajstić information content (AvgIpc) is 2.79. The molecule has 0 spiro atoms. The molecule has 10 heteroatoms. The lowest BCUT2D eigenvalue weighted by Gasteiger charge is -2.56. The molecule has 1 aliphatic heterocycles. The summed E-state index contributed by atoms with van der Waals surface area (Å²) in [6, 6.07) is 4.70. The maximum Gasteiger partial charge on any atom is 0.258 e. The summed E-state index contributed by atoms with van der Waals surface area (Å²) < 4.78 is 24.8. The number of benzene rings is 1. The molecule has 194 valence electrons. The number of nitrogens with one attached hydrogen (secondary N) is 3. The third-order valence-corrected chi connectivity index (χ3v) is 7.93. The lowest BCUT2D eigenvalue weighted by Crippen LogP contribution is -2.70. The van der Waals surface area contributed by atoms with Crippen LogP contribution in [0.5, 0.6) is 5.75 Å². The number of aliphatic hydroxyl groups is 1.